The van der Waals surface area contributed by atoms with Crippen LogP contribution < -0.4 is 5.32 Å². The molecule has 0 aliphatic carbocycles. The maximum Gasteiger partial charge on any atom is 0.102 e. The third-order valence-electron chi connectivity index (χ3n) is 5.36. The van der Waals surface area contributed by atoms with Crippen LogP contribution in [0.1, 0.15) is 31.2 Å². The maximum atomic E-state index is 11.3. The molecular formula is C16H22N2O. The molecule has 3 aliphatic heterocycles. The molecule has 0 bridgehead atoms. The van der Waals surface area contributed by atoms with Crippen LogP contribution in [0.4, 0.5) is 5.69 Å². The fourth-order valence-electron chi connectivity index (χ4n) is 4.32. The number of hydrogen-bond donors (Lipinski definition) is 2. The second kappa shape index (κ2) is 4.22. The van der Waals surface area contributed by atoms with Gasteiger partial charge in [0.15, 0.2) is 0 Å². The monoisotopic (exact) mass is 258 g/mol. The van der Waals surface area contributed by atoms with Crippen LogP contribution >= 0.6 is 0 Å². The second-order valence-corrected chi connectivity index (χ2v) is 6.35. The normalized spacial score (nSPS) is 37.7. The summed E-state index contributed by atoms with van der Waals surface area (Å²) in [6.45, 7) is 2.24. The lowest BCUT2D eigenvalue weighted by atomic mass is 9.81. The third kappa shape index (κ3) is 1.72. The van der Waals surface area contributed by atoms with Gasteiger partial charge in [-0.2, -0.15) is 0 Å². The zero-order valence-electron chi connectivity index (χ0n) is 11.3. The van der Waals surface area contributed by atoms with E-state index in [2.05, 4.69) is 34.5 Å². The number of piperidine rings is 1. The van der Waals surface area contributed by atoms with Crippen molar-refractivity contribution in [3.8, 4) is 0 Å². The van der Waals surface area contributed by atoms with Crippen LogP contribution in [0.25, 0.3) is 0 Å². The molecule has 1 aromatic rings. The Kier molecular flexibility index (Phi) is 2.61. The highest BCUT2D eigenvalue weighted by Gasteiger charge is 2.52. The topological polar surface area (TPSA) is 35.5 Å². The first-order chi connectivity index (χ1) is 9.27. The van der Waals surface area contributed by atoms with Crippen LogP contribution in [0.3, 0.4) is 0 Å². The van der Waals surface area contributed by atoms with E-state index in [1.807, 2.05) is 0 Å². The Morgan fingerprint density at radius 2 is 2.11 bits per heavy atom. The van der Waals surface area contributed by atoms with Gasteiger partial charge in [0.2, 0.25) is 0 Å². The minimum Gasteiger partial charge on any atom is -0.386 e. The van der Waals surface area contributed by atoms with Crippen LogP contribution in [0.2, 0.25) is 0 Å². The first-order valence-corrected chi connectivity index (χ1v) is 7.58. The summed E-state index contributed by atoms with van der Waals surface area (Å²) in [7, 11) is 0. The van der Waals surface area contributed by atoms with Gasteiger partial charge < -0.3 is 10.4 Å². The molecule has 1 aromatic carbocycles. The minimum absolute atomic E-state index is 0.193. The first-order valence-electron chi connectivity index (χ1n) is 7.58. The fraction of sp³-hybridized carbons (Fsp3) is 0.625. The summed E-state index contributed by atoms with van der Waals surface area (Å²) in [6, 6.07) is 9.03. The molecule has 3 unspecified atom stereocenters. The molecule has 0 amide bonds. The van der Waals surface area contributed by atoms with Gasteiger partial charge in [0.25, 0.3) is 0 Å². The van der Waals surface area contributed by atoms with Gasteiger partial charge in [0.1, 0.15) is 5.60 Å². The Morgan fingerprint density at radius 3 is 3.00 bits per heavy atom. The molecule has 2 saturated heterocycles. The van der Waals surface area contributed by atoms with Crippen molar-refractivity contribution in [3.05, 3.63) is 29.8 Å². The molecule has 3 atom stereocenters. The molecule has 4 rings (SSSR count). The van der Waals surface area contributed by atoms with Crippen LogP contribution in [-0.2, 0) is 6.42 Å². The SMILES string of the molecule is OC1(C2Cc3ccccc3N2)CCN2CCCCC21. The summed E-state index contributed by atoms with van der Waals surface area (Å²) in [4.78, 5) is 2.51. The zero-order valence-corrected chi connectivity index (χ0v) is 11.3. The van der Waals surface area contributed by atoms with Gasteiger partial charge in [0.05, 0.1) is 6.04 Å². The predicted molar refractivity (Wildman–Crippen MR) is 76.3 cm³/mol. The first kappa shape index (κ1) is 11.7. The van der Waals surface area contributed by atoms with E-state index in [0.717, 1.165) is 25.8 Å². The van der Waals surface area contributed by atoms with Crippen LogP contribution in [0, 0.1) is 0 Å². The van der Waals surface area contributed by atoms with E-state index in [4.69, 9.17) is 0 Å². The Labute approximate surface area is 114 Å². The highest BCUT2D eigenvalue weighted by Crippen LogP contribution is 2.41. The lowest BCUT2D eigenvalue weighted by Gasteiger charge is -2.40. The Morgan fingerprint density at radius 1 is 1.21 bits per heavy atom. The molecule has 3 heteroatoms. The van der Waals surface area contributed by atoms with Crippen molar-refractivity contribution in [3.63, 3.8) is 0 Å². The standard InChI is InChI=1S/C16H22N2O/c19-16(8-10-18-9-4-3-7-15(16)18)14-11-12-5-1-2-6-13(12)17-14/h1-2,5-6,14-15,17,19H,3-4,7-11H2. The van der Waals surface area contributed by atoms with E-state index in [1.54, 1.807) is 0 Å². The molecule has 3 heterocycles. The molecule has 102 valence electrons. The predicted octanol–water partition coefficient (Wildman–Crippen LogP) is 2.01. The van der Waals surface area contributed by atoms with Crippen molar-refractivity contribution in [2.24, 2.45) is 0 Å². The lowest BCUT2D eigenvalue weighted by molar-refractivity contribution is -0.0228. The number of anilines is 1. The van der Waals surface area contributed by atoms with Gasteiger partial charge in [0, 0.05) is 18.3 Å². The molecule has 3 aliphatic rings. The lowest BCUT2D eigenvalue weighted by Crippen LogP contribution is -2.56. The molecular weight excluding hydrogens is 236 g/mol. The largest absolute Gasteiger partial charge is 0.386 e. The van der Waals surface area contributed by atoms with Crippen molar-refractivity contribution < 1.29 is 5.11 Å². The quantitative estimate of drug-likeness (QED) is 0.809. The van der Waals surface area contributed by atoms with Crippen LogP contribution in [0.5, 0.6) is 0 Å². The number of aliphatic hydroxyl groups is 1. The van der Waals surface area contributed by atoms with Gasteiger partial charge >= 0.3 is 0 Å². The molecule has 0 spiro atoms. The number of nitrogens with one attached hydrogen (secondary N) is 1. The van der Waals surface area contributed by atoms with Crippen molar-refractivity contribution in [2.45, 2.75) is 49.8 Å². The highest BCUT2D eigenvalue weighted by atomic mass is 16.3. The van der Waals surface area contributed by atoms with Crippen molar-refractivity contribution in [2.75, 3.05) is 18.4 Å². The molecule has 0 saturated carbocycles. The van der Waals surface area contributed by atoms with Crippen molar-refractivity contribution in [1.29, 1.82) is 0 Å². The average molecular weight is 258 g/mol. The highest BCUT2D eigenvalue weighted by molar-refractivity contribution is 5.57. The van der Waals surface area contributed by atoms with E-state index in [1.165, 1.54) is 30.6 Å². The van der Waals surface area contributed by atoms with E-state index in [-0.39, 0.29) is 6.04 Å². The Balaban J connectivity index is 1.60. The van der Waals surface area contributed by atoms with Gasteiger partial charge in [-0.25, -0.2) is 0 Å². The molecule has 19 heavy (non-hydrogen) atoms. The van der Waals surface area contributed by atoms with Gasteiger partial charge in [-0.05, 0) is 43.9 Å². The van der Waals surface area contributed by atoms with Gasteiger partial charge in [-0.3, -0.25) is 4.90 Å². The Hall–Kier alpha value is -1.06. The molecule has 2 fully saturated rings. The van der Waals surface area contributed by atoms with E-state index >= 15 is 0 Å². The number of benzene rings is 1. The molecule has 2 N–H and O–H groups in total. The van der Waals surface area contributed by atoms with Crippen molar-refractivity contribution >= 4 is 5.69 Å². The average Bonchev–Trinajstić information content (AvgIpc) is 3.02. The number of hydrogen-bond acceptors (Lipinski definition) is 3. The molecule has 0 radical (unpaired) electrons. The van der Waals surface area contributed by atoms with E-state index in [9.17, 15) is 5.11 Å². The van der Waals surface area contributed by atoms with Crippen LogP contribution in [0.15, 0.2) is 24.3 Å². The van der Waals surface area contributed by atoms with Gasteiger partial charge in [-0.1, -0.05) is 24.6 Å². The summed E-state index contributed by atoms with van der Waals surface area (Å²) in [5, 5.41) is 14.8. The van der Waals surface area contributed by atoms with Gasteiger partial charge in [-0.15, -0.1) is 0 Å². The number of fused-ring (bicyclic) bond motifs is 2. The molecule has 0 aromatic heterocycles. The zero-order chi connectivity index (χ0) is 12.9. The van der Waals surface area contributed by atoms with Crippen molar-refractivity contribution in [1.82, 2.24) is 4.90 Å². The Bertz CT molecular complexity index is 464. The van der Waals surface area contributed by atoms with E-state index < -0.39 is 5.60 Å². The summed E-state index contributed by atoms with van der Waals surface area (Å²) in [5.74, 6) is 0. The second-order valence-electron chi connectivity index (χ2n) is 6.35. The smallest absolute Gasteiger partial charge is 0.102 e. The number of nitrogens with zero attached hydrogens (tertiary/aromatic N) is 1. The summed E-state index contributed by atoms with van der Waals surface area (Å²) in [6.07, 6.45) is 5.61. The number of para-hydroxylation sites is 1. The summed E-state index contributed by atoms with van der Waals surface area (Å²) >= 11 is 0. The summed E-state index contributed by atoms with van der Waals surface area (Å²) in [5.41, 5.74) is 2.03. The maximum absolute atomic E-state index is 11.3. The molecule has 3 nitrogen and oxygen atoms in total. The number of rotatable bonds is 1. The van der Waals surface area contributed by atoms with Crippen LogP contribution in [-0.4, -0.2) is 40.8 Å². The fourth-order valence-corrected chi connectivity index (χ4v) is 4.32. The summed E-state index contributed by atoms with van der Waals surface area (Å²) < 4.78 is 0. The third-order valence-corrected chi connectivity index (χ3v) is 5.36. The minimum atomic E-state index is -0.542. The van der Waals surface area contributed by atoms with E-state index in [0.29, 0.717) is 6.04 Å².